The van der Waals surface area contributed by atoms with E-state index in [0.29, 0.717) is 0 Å². The van der Waals surface area contributed by atoms with Crippen LogP contribution in [0.1, 0.15) is 5.69 Å². The Morgan fingerprint density at radius 3 is 2.85 bits per heavy atom. The first-order valence-electron chi connectivity index (χ1n) is 5.67. The smallest absolute Gasteiger partial charge is 0.273 e. The number of rotatable bonds is 4. The minimum atomic E-state index is -0.505. The predicted octanol–water partition coefficient (Wildman–Crippen LogP) is 1.34. The zero-order chi connectivity index (χ0) is 14.5. The molecular weight excluding hydrogens is 283 g/mol. The maximum Gasteiger partial charge on any atom is 0.273 e. The molecule has 1 amide bonds. The lowest BCUT2D eigenvalue weighted by Crippen LogP contribution is -2.17. The van der Waals surface area contributed by atoms with Gasteiger partial charge in [0.2, 0.25) is 5.91 Å². The van der Waals surface area contributed by atoms with E-state index in [-0.39, 0.29) is 27.8 Å². The van der Waals surface area contributed by atoms with Crippen molar-refractivity contribution in [2.24, 2.45) is 0 Å². The van der Waals surface area contributed by atoms with Crippen molar-refractivity contribution in [1.82, 2.24) is 15.2 Å². The first-order valence-corrected chi connectivity index (χ1v) is 6.65. The van der Waals surface area contributed by atoms with Gasteiger partial charge in [-0.05, 0) is 19.1 Å². The van der Waals surface area contributed by atoms with Gasteiger partial charge in [0.05, 0.1) is 11.4 Å². The highest BCUT2D eigenvalue weighted by Crippen LogP contribution is 2.14. The highest BCUT2D eigenvalue weighted by molar-refractivity contribution is 7.99. The number of benzene rings is 1. The number of halogens is 1. The van der Waals surface area contributed by atoms with Crippen molar-refractivity contribution in [3.63, 3.8) is 0 Å². The number of aromatic nitrogens is 3. The number of nitrogens with zero attached hydrogens (tertiary/aromatic N) is 2. The third-order valence-corrected chi connectivity index (χ3v) is 3.19. The van der Waals surface area contributed by atoms with Crippen molar-refractivity contribution in [2.45, 2.75) is 12.1 Å². The van der Waals surface area contributed by atoms with E-state index < -0.39 is 11.7 Å². The summed E-state index contributed by atoms with van der Waals surface area (Å²) in [5, 5.41) is 10.1. The van der Waals surface area contributed by atoms with Crippen molar-refractivity contribution in [1.29, 1.82) is 0 Å². The van der Waals surface area contributed by atoms with Crippen molar-refractivity contribution >= 4 is 23.4 Å². The van der Waals surface area contributed by atoms with Gasteiger partial charge < -0.3 is 5.32 Å². The summed E-state index contributed by atoms with van der Waals surface area (Å²) in [5.74, 6) is -0.917. The van der Waals surface area contributed by atoms with E-state index in [1.54, 1.807) is 6.07 Å². The minimum Gasteiger partial charge on any atom is -0.323 e. The number of hydrogen-bond acceptors (Lipinski definition) is 5. The Labute approximate surface area is 117 Å². The third kappa shape index (κ3) is 3.64. The summed E-state index contributed by atoms with van der Waals surface area (Å²) >= 11 is 1.01. The molecule has 2 rings (SSSR count). The van der Waals surface area contributed by atoms with Crippen LogP contribution in [0, 0.1) is 12.7 Å². The third-order valence-electron chi connectivity index (χ3n) is 2.33. The largest absolute Gasteiger partial charge is 0.323 e. The Balaban J connectivity index is 1.94. The molecule has 0 saturated carbocycles. The van der Waals surface area contributed by atoms with Crippen molar-refractivity contribution in [3.05, 3.63) is 46.1 Å². The molecule has 0 fully saturated rings. The molecule has 2 aromatic rings. The lowest BCUT2D eigenvalue weighted by atomic mass is 10.3. The standard InChI is InChI=1S/C12H11FN4O2S/c1-7-11(19)15-12(17-16-7)20-6-10(18)14-9-5-3-2-4-8(9)13/h2-5H,6H2,1H3,(H,14,18)(H,15,17,19). The van der Waals surface area contributed by atoms with Crippen molar-refractivity contribution in [3.8, 4) is 0 Å². The number of H-pyrrole nitrogens is 1. The minimum absolute atomic E-state index is 0.0119. The van der Waals surface area contributed by atoms with Gasteiger partial charge in [-0.1, -0.05) is 23.9 Å². The molecule has 104 valence electrons. The fourth-order valence-corrected chi connectivity index (χ4v) is 1.93. The van der Waals surface area contributed by atoms with Gasteiger partial charge in [0.1, 0.15) is 11.5 Å². The van der Waals surface area contributed by atoms with Crippen LogP contribution < -0.4 is 10.9 Å². The summed E-state index contributed by atoms with van der Waals surface area (Å²) in [4.78, 5) is 25.4. The van der Waals surface area contributed by atoms with Gasteiger partial charge in [0.25, 0.3) is 5.56 Å². The molecule has 0 spiro atoms. The van der Waals surface area contributed by atoms with Crippen LogP contribution in [0.15, 0.2) is 34.2 Å². The monoisotopic (exact) mass is 294 g/mol. The first-order chi connectivity index (χ1) is 9.56. The van der Waals surface area contributed by atoms with Gasteiger partial charge in [-0.3, -0.25) is 14.6 Å². The molecule has 0 bridgehead atoms. The molecule has 0 unspecified atom stereocenters. The molecule has 20 heavy (non-hydrogen) atoms. The molecule has 0 radical (unpaired) electrons. The van der Waals surface area contributed by atoms with Gasteiger partial charge in [-0.25, -0.2) is 4.39 Å². The number of nitrogens with one attached hydrogen (secondary N) is 2. The lowest BCUT2D eigenvalue weighted by molar-refractivity contribution is -0.113. The summed E-state index contributed by atoms with van der Waals surface area (Å²) in [7, 11) is 0. The Kier molecular flexibility index (Phi) is 4.46. The van der Waals surface area contributed by atoms with Gasteiger partial charge in [-0.15, -0.1) is 10.2 Å². The molecule has 0 aliphatic carbocycles. The first kappa shape index (κ1) is 14.2. The number of thioether (sulfide) groups is 1. The van der Waals surface area contributed by atoms with E-state index >= 15 is 0 Å². The van der Waals surface area contributed by atoms with E-state index in [0.717, 1.165) is 11.8 Å². The molecule has 0 atom stereocenters. The number of aryl methyl sites for hydroxylation is 1. The summed E-state index contributed by atoms with van der Waals surface area (Å²) in [6.07, 6.45) is 0. The average Bonchev–Trinajstić information content (AvgIpc) is 2.43. The van der Waals surface area contributed by atoms with E-state index in [9.17, 15) is 14.0 Å². The topological polar surface area (TPSA) is 87.7 Å². The van der Waals surface area contributed by atoms with Gasteiger partial charge in [0.15, 0.2) is 5.16 Å². The fourth-order valence-electron chi connectivity index (χ4n) is 1.33. The second kappa shape index (κ2) is 6.29. The van der Waals surface area contributed by atoms with Crippen LogP contribution in [-0.2, 0) is 4.79 Å². The molecule has 6 nitrogen and oxygen atoms in total. The summed E-state index contributed by atoms with van der Waals surface area (Å²) in [6, 6.07) is 5.87. The Hall–Kier alpha value is -2.22. The molecule has 1 aromatic heterocycles. The summed E-state index contributed by atoms with van der Waals surface area (Å²) in [6.45, 7) is 1.53. The molecule has 0 aliphatic heterocycles. The van der Waals surface area contributed by atoms with E-state index in [1.165, 1.54) is 25.1 Å². The fraction of sp³-hybridized carbons (Fsp3) is 0.167. The van der Waals surface area contributed by atoms with E-state index in [1.807, 2.05) is 0 Å². The zero-order valence-electron chi connectivity index (χ0n) is 10.5. The Morgan fingerprint density at radius 2 is 2.15 bits per heavy atom. The molecule has 8 heteroatoms. The lowest BCUT2D eigenvalue weighted by Gasteiger charge is -2.05. The number of amides is 1. The van der Waals surface area contributed by atoms with Gasteiger partial charge >= 0.3 is 0 Å². The maximum atomic E-state index is 13.3. The summed E-state index contributed by atoms with van der Waals surface area (Å²) < 4.78 is 13.3. The number of carbonyl (C=O) groups excluding carboxylic acids is 1. The highest BCUT2D eigenvalue weighted by Gasteiger charge is 2.08. The maximum absolute atomic E-state index is 13.3. The Morgan fingerprint density at radius 1 is 1.40 bits per heavy atom. The second-order valence-corrected chi connectivity index (χ2v) is 4.83. The van der Waals surface area contributed by atoms with Crippen molar-refractivity contribution in [2.75, 3.05) is 11.1 Å². The zero-order valence-corrected chi connectivity index (χ0v) is 11.3. The second-order valence-electron chi connectivity index (χ2n) is 3.86. The van der Waals surface area contributed by atoms with Gasteiger partial charge in [-0.2, -0.15) is 0 Å². The van der Waals surface area contributed by atoms with Crippen LogP contribution in [0.3, 0.4) is 0 Å². The molecule has 1 aromatic carbocycles. The molecule has 2 N–H and O–H groups in total. The number of para-hydroxylation sites is 1. The SMILES string of the molecule is Cc1nnc(SCC(=O)Nc2ccccc2F)[nH]c1=O. The van der Waals surface area contributed by atoms with Gasteiger partial charge in [0, 0.05) is 0 Å². The van der Waals surface area contributed by atoms with Crippen LogP contribution in [-0.4, -0.2) is 26.8 Å². The van der Waals surface area contributed by atoms with Crippen LogP contribution in [0.4, 0.5) is 10.1 Å². The van der Waals surface area contributed by atoms with Crippen molar-refractivity contribution < 1.29 is 9.18 Å². The Bertz CT molecular complexity index is 689. The van der Waals surface area contributed by atoms with Crippen LogP contribution in [0.2, 0.25) is 0 Å². The van der Waals surface area contributed by atoms with E-state index in [4.69, 9.17) is 0 Å². The molecule has 0 aliphatic rings. The number of carbonyl (C=O) groups is 1. The normalized spacial score (nSPS) is 10.3. The van der Waals surface area contributed by atoms with E-state index in [2.05, 4.69) is 20.5 Å². The molecule has 0 saturated heterocycles. The molecule has 1 heterocycles. The predicted molar refractivity (Wildman–Crippen MR) is 73.1 cm³/mol. The number of aromatic amines is 1. The highest BCUT2D eigenvalue weighted by atomic mass is 32.2. The molecular formula is C12H11FN4O2S. The quantitative estimate of drug-likeness (QED) is 0.831. The number of anilines is 1. The van der Waals surface area contributed by atoms with Crippen LogP contribution >= 0.6 is 11.8 Å². The average molecular weight is 294 g/mol. The van der Waals surface area contributed by atoms with Crippen LogP contribution in [0.5, 0.6) is 0 Å². The van der Waals surface area contributed by atoms with Crippen LogP contribution in [0.25, 0.3) is 0 Å². The summed E-state index contributed by atoms with van der Waals surface area (Å²) in [5.41, 5.74) is 0.0174. The number of hydrogen-bond donors (Lipinski definition) is 2.